The molecule has 12 aromatic rings. The highest BCUT2D eigenvalue weighted by Gasteiger charge is 2.28. The molecule has 3 aromatic heterocycles. The molecule has 60 heavy (non-hydrogen) atoms. The lowest BCUT2D eigenvalue weighted by Gasteiger charge is -2.12. The van der Waals surface area contributed by atoms with Crippen molar-refractivity contribution in [3.63, 3.8) is 0 Å². The first-order valence-corrected chi connectivity index (χ1v) is 21.2. The van der Waals surface area contributed by atoms with Crippen LogP contribution in [0.4, 0.5) is 0 Å². The molecule has 0 saturated carbocycles. The van der Waals surface area contributed by atoms with Crippen LogP contribution >= 0.6 is 11.3 Å². The molecule has 1 aliphatic rings. The van der Waals surface area contributed by atoms with Gasteiger partial charge < -0.3 is 4.57 Å². The van der Waals surface area contributed by atoms with Gasteiger partial charge in [-0.2, -0.15) is 0 Å². The summed E-state index contributed by atoms with van der Waals surface area (Å²) in [4.78, 5) is 10.4. The van der Waals surface area contributed by atoms with Crippen molar-refractivity contribution in [2.45, 2.75) is 0 Å². The largest absolute Gasteiger partial charge is 0.309 e. The number of hydrogen-bond donors (Lipinski definition) is 0. The van der Waals surface area contributed by atoms with E-state index in [1.807, 2.05) is 17.4 Å². The number of rotatable bonds is 4. The molecule has 0 unspecified atom stereocenters. The second-order valence-corrected chi connectivity index (χ2v) is 16.8. The first-order valence-electron chi connectivity index (χ1n) is 20.4. The molecular weight excluding hydrogens is 747 g/mol. The van der Waals surface area contributed by atoms with Crippen molar-refractivity contribution in [1.82, 2.24) is 14.5 Å². The van der Waals surface area contributed by atoms with Crippen LogP contribution in [0.3, 0.4) is 0 Å². The SMILES string of the molecule is C(=C1/c2ccccc2-c2c1ccc1ccc3c(c4cc5c(cc4n3-c3cccc(-c4ccccc4)c3)sc3ccccc35)c21)/c1nc(-c2ccccc2)c2ccccc2n1. The third kappa shape index (κ3) is 4.95. The summed E-state index contributed by atoms with van der Waals surface area (Å²) in [6.45, 7) is 0. The third-order valence-corrected chi connectivity index (χ3v) is 13.5. The topological polar surface area (TPSA) is 30.7 Å². The average Bonchev–Trinajstić information content (AvgIpc) is 3.95. The van der Waals surface area contributed by atoms with Gasteiger partial charge in [0.25, 0.3) is 0 Å². The molecule has 0 saturated heterocycles. The summed E-state index contributed by atoms with van der Waals surface area (Å²) >= 11 is 1.87. The molecule has 0 aliphatic heterocycles. The fourth-order valence-corrected chi connectivity index (χ4v) is 10.8. The van der Waals surface area contributed by atoms with E-state index in [1.165, 1.54) is 86.1 Å². The van der Waals surface area contributed by atoms with E-state index in [4.69, 9.17) is 9.97 Å². The normalized spacial score (nSPS) is 13.0. The second-order valence-electron chi connectivity index (χ2n) is 15.7. The molecule has 0 N–H and O–H groups in total. The minimum atomic E-state index is 0.699. The zero-order chi connectivity index (χ0) is 39.3. The van der Waals surface area contributed by atoms with Crippen LogP contribution in [0.5, 0.6) is 0 Å². The Kier molecular flexibility index (Phi) is 7.18. The highest BCUT2D eigenvalue weighted by atomic mass is 32.1. The number of fused-ring (bicyclic) bond motifs is 13. The Hall–Kier alpha value is -7.66. The molecule has 0 atom stereocenters. The smallest absolute Gasteiger partial charge is 0.153 e. The van der Waals surface area contributed by atoms with Crippen molar-refractivity contribution in [2.75, 3.05) is 0 Å². The number of hydrogen-bond acceptors (Lipinski definition) is 3. The van der Waals surface area contributed by atoms with Crippen LogP contribution in [0.1, 0.15) is 17.0 Å². The molecule has 0 spiro atoms. The number of thiophene rings is 1. The molecule has 4 heteroatoms. The van der Waals surface area contributed by atoms with Crippen molar-refractivity contribution in [3.8, 4) is 39.2 Å². The lowest BCUT2D eigenvalue weighted by Crippen LogP contribution is -1.95. The standard InChI is InChI=1S/C56H33N3S/c1-3-14-34(15-4-1)37-18-13-19-38(30-37)59-48-29-27-35-26-28-42-44(32-52-57-47-24-11-9-23-43(47)56(58-52)36-16-5-2-6-17-36)39-20-7-8-22-41(39)54(42)53(35)55(48)46-31-45-40-21-10-12-25-50(40)60-51(45)33-49(46)59/h1-33H/b44-32+. The lowest BCUT2D eigenvalue weighted by atomic mass is 9.93. The second kappa shape index (κ2) is 12.9. The Morgan fingerprint density at radius 1 is 0.433 bits per heavy atom. The molecule has 0 bridgehead atoms. The van der Waals surface area contributed by atoms with Gasteiger partial charge >= 0.3 is 0 Å². The van der Waals surface area contributed by atoms with Crippen LogP contribution in [-0.4, -0.2) is 14.5 Å². The highest BCUT2D eigenvalue weighted by molar-refractivity contribution is 7.25. The van der Waals surface area contributed by atoms with Crippen molar-refractivity contribution in [2.24, 2.45) is 0 Å². The molecule has 278 valence electrons. The fourth-order valence-electron chi connectivity index (χ4n) is 9.72. The number of benzene rings is 9. The van der Waals surface area contributed by atoms with Gasteiger partial charge in [-0.15, -0.1) is 11.3 Å². The third-order valence-electron chi connectivity index (χ3n) is 12.3. The molecule has 3 heterocycles. The molecule has 0 radical (unpaired) electrons. The van der Waals surface area contributed by atoms with Crippen LogP contribution in [0, 0.1) is 0 Å². The summed E-state index contributed by atoms with van der Waals surface area (Å²) in [5, 5.41) is 8.66. The molecule has 1 aliphatic carbocycles. The molecule has 0 amide bonds. The van der Waals surface area contributed by atoms with E-state index in [1.54, 1.807) is 0 Å². The van der Waals surface area contributed by atoms with Gasteiger partial charge in [-0.3, -0.25) is 0 Å². The van der Waals surface area contributed by atoms with E-state index in [-0.39, 0.29) is 0 Å². The maximum atomic E-state index is 5.26. The van der Waals surface area contributed by atoms with Gasteiger partial charge in [0.2, 0.25) is 0 Å². The Bertz CT molecular complexity index is 3760. The highest BCUT2D eigenvalue weighted by Crippen LogP contribution is 2.52. The van der Waals surface area contributed by atoms with Gasteiger partial charge in [-0.1, -0.05) is 152 Å². The molecule has 13 rings (SSSR count). The van der Waals surface area contributed by atoms with Gasteiger partial charge in [0.15, 0.2) is 5.82 Å². The van der Waals surface area contributed by atoms with E-state index < -0.39 is 0 Å². The van der Waals surface area contributed by atoms with E-state index in [9.17, 15) is 0 Å². The van der Waals surface area contributed by atoms with Gasteiger partial charge in [0, 0.05) is 53.0 Å². The summed E-state index contributed by atoms with van der Waals surface area (Å²) in [5.74, 6) is 0.699. The first-order chi connectivity index (χ1) is 29.7. The number of para-hydroxylation sites is 1. The quantitative estimate of drug-likeness (QED) is 0.178. The monoisotopic (exact) mass is 779 g/mol. The van der Waals surface area contributed by atoms with Gasteiger partial charge in [-0.05, 0) is 92.9 Å². The summed E-state index contributed by atoms with van der Waals surface area (Å²) in [6, 6.07) is 70.3. The fraction of sp³-hybridized carbons (Fsp3) is 0. The summed E-state index contributed by atoms with van der Waals surface area (Å²) < 4.78 is 5.09. The predicted molar refractivity (Wildman–Crippen MR) is 254 cm³/mol. The zero-order valence-corrected chi connectivity index (χ0v) is 33.1. The van der Waals surface area contributed by atoms with Crippen molar-refractivity contribution < 1.29 is 0 Å². The average molecular weight is 780 g/mol. The van der Waals surface area contributed by atoms with E-state index in [0.29, 0.717) is 5.82 Å². The predicted octanol–water partition coefficient (Wildman–Crippen LogP) is 15.2. The maximum Gasteiger partial charge on any atom is 0.153 e. The van der Waals surface area contributed by atoms with Crippen LogP contribution in [0.2, 0.25) is 0 Å². The summed E-state index contributed by atoms with van der Waals surface area (Å²) in [6.07, 6.45) is 2.20. The Balaban J connectivity index is 1.12. The van der Waals surface area contributed by atoms with Crippen molar-refractivity contribution in [1.29, 1.82) is 0 Å². The van der Waals surface area contributed by atoms with Crippen molar-refractivity contribution in [3.05, 3.63) is 211 Å². The minimum absolute atomic E-state index is 0.699. The summed E-state index contributed by atoms with van der Waals surface area (Å²) in [5.41, 5.74) is 14.9. The zero-order valence-electron chi connectivity index (χ0n) is 32.3. The maximum absolute atomic E-state index is 5.26. The molecule has 9 aromatic carbocycles. The van der Waals surface area contributed by atoms with E-state index >= 15 is 0 Å². The van der Waals surface area contributed by atoms with E-state index in [2.05, 4.69) is 199 Å². The van der Waals surface area contributed by atoms with Crippen LogP contribution < -0.4 is 0 Å². The number of nitrogens with zero attached hydrogens (tertiary/aromatic N) is 3. The van der Waals surface area contributed by atoms with Crippen LogP contribution in [-0.2, 0) is 0 Å². The van der Waals surface area contributed by atoms with Gasteiger partial charge in [0.1, 0.15) is 0 Å². The number of aromatic nitrogens is 3. The Morgan fingerprint density at radius 3 is 2.02 bits per heavy atom. The van der Waals surface area contributed by atoms with Crippen LogP contribution in [0.15, 0.2) is 194 Å². The Labute approximate surface area is 349 Å². The lowest BCUT2D eigenvalue weighted by molar-refractivity contribution is 1.18. The van der Waals surface area contributed by atoms with Gasteiger partial charge in [-0.25, -0.2) is 9.97 Å². The molecular formula is C56H33N3S. The van der Waals surface area contributed by atoms with Crippen molar-refractivity contribution >= 4 is 86.6 Å². The first kappa shape index (κ1) is 33.3. The van der Waals surface area contributed by atoms with E-state index in [0.717, 1.165) is 33.4 Å². The molecule has 3 nitrogen and oxygen atoms in total. The molecule has 0 fully saturated rings. The Morgan fingerprint density at radius 2 is 1.15 bits per heavy atom. The van der Waals surface area contributed by atoms with Gasteiger partial charge in [0.05, 0.1) is 22.2 Å². The summed E-state index contributed by atoms with van der Waals surface area (Å²) in [7, 11) is 0. The van der Waals surface area contributed by atoms with Crippen LogP contribution in [0.25, 0.3) is 115 Å². The minimum Gasteiger partial charge on any atom is -0.309 e.